The van der Waals surface area contributed by atoms with Crippen LogP contribution >= 0.6 is 23.4 Å². The maximum absolute atomic E-state index is 9.37. The predicted molar refractivity (Wildman–Crippen MR) is 92.6 cm³/mol. The van der Waals surface area contributed by atoms with Crippen LogP contribution in [0.5, 0.6) is 0 Å². The van der Waals surface area contributed by atoms with Crippen LogP contribution in [0, 0.1) is 0 Å². The molecule has 24 heavy (non-hydrogen) atoms. The van der Waals surface area contributed by atoms with E-state index in [0.717, 1.165) is 5.03 Å². The van der Waals surface area contributed by atoms with Gasteiger partial charge in [0.25, 0.3) is 0 Å². The molecular weight excluding hydrogens is 349 g/mol. The molecule has 2 N–H and O–H groups in total. The van der Waals surface area contributed by atoms with Gasteiger partial charge in [0.15, 0.2) is 11.3 Å². The fraction of sp³-hybridized carbons (Fsp3) is 0.0769. The lowest BCUT2D eigenvalue weighted by Crippen LogP contribution is -2.19. The minimum absolute atomic E-state index is 0.555. The highest BCUT2D eigenvalue weighted by Crippen LogP contribution is 2.26. The van der Waals surface area contributed by atoms with E-state index in [1.54, 1.807) is 35.9 Å². The third-order valence-electron chi connectivity index (χ3n) is 3.18. The summed E-state index contributed by atoms with van der Waals surface area (Å²) in [6.45, 7) is 1.63. The molecule has 120 valence electrons. The summed E-state index contributed by atoms with van der Waals surface area (Å²) < 4.78 is 3.45. The second kappa shape index (κ2) is 5.97. The minimum Gasteiger partial charge on any atom is -0.433 e. The average Bonchev–Trinajstić information content (AvgIpc) is 3.10. The number of nitrogens with zero attached hydrogens (tertiary/aromatic N) is 6. The van der Waals surface area contributed by atoms with Crippen molar-refractivity contribution in [3.05, 3.63) is 41.7 Å². The Hall–Kier alpha value is -2.30. The van der Waals surface area contributed by atoms with E-state index in [-0.39, 0.29) is 0 Å². The van der Waals surface area contributed by atoms with E-state index in [9.17, 15) is 5.02 Å². The Labute approximate surface area is 146 Å². The van der Waals surface area contributed by atoms with Gasteiger partial charge in [-0.3, -0.25) is 4.40 Å². The Morgan fingerprint density at radius 2 is 2.00 bits per heavy atom. The minimum atomic E-state index is -0.684. The van der Waals surface area contributed by atoms with Gasteiger partial charge in [-0.1, -0.05) is 11.6 Å². The van der Waals surface area contributed by atoms with Crippen molar-refractivity contribution in [3.63, 3.8) is 0 Å². The molecule has 11 heteroatoms. The lowest BCUT2D eigenvalue weighted by molar-refractivity contribution is 0.586. The number of hydrogen-bond donors (Lipinski definition) is 2. The Morgan fingerprint density at radius 1 is 1.17 bits per heavy atom. The van der Waals surface area contributed by atoms with E-state index in [1.807, 2.05) is 16.5 Å². The zero-order valence-corrected chi connectivity index (χ0v) is 14.0. The first-order valence-electron chi connectivity index (χ1n) is 7.08. The predicted octanol–water partition coefficient (Wildman–Crippen LogP) is 2.10. The summed E-state index contributed by atoms with van der Waals surface area (Å²) in [5, 5.41) is 27.0. The van der Waals surface area contributed by atoms with Crippen molar-refractivity contribution in [2.45, 2.75) is 17.0 Å². The van der Waals surface area contributed by atoms with Crippen LogP contribution in [-0.4, -0.2) is 41.3 Å². The molecule has 0 spiro atoms. The zero-order chi connectivity index (χ0) is 16.7. The second-order valence-corrected chi connectivity index (χ2v) is 6.50. The number of hydrogen-bond acceptors (Lipinski definition) is 7. The Bertz CT molecular complexity index is 1030. The number of aromatic nitrogens is 6. The average molecular weight is 360 g/mol. The van der Waals surface area contributed by atoms with E-state index in [0.29, 0.717) is 27.3 Å². The Morgan fingerprint density at radius 3 is 2.83 bits per heavy atom. The standard InChI is InChI=1S/C13H11BClN7OS/c1-14(23)17-9-7-22-10(16-9)4-5-12(20-22)24-13-19-18-11-3-2-8(15)6-21(11)13/h2-7,17,23H,1H3. The maximum atomic E-state index is 9.37. The molecule has 0 bridgehead atoms. The molecule has 8 nitrogen and oxygen atoms in total. The summed E-state index contributed by atoms with van der Waals surface area (Å²) in [5.74, 6) is 0.555. The molecule has 0 saturated heterocycles. The molecule has 0 aliphatic rings. The molecule has 0 fully saturated rings. The first-order valence-corrected chi connectivity index (χ1v) is 8.27. The van der Waals surface area contributed by atoms with E-state index in [1.165, 1.54) is 11.8 Å². The molecule has 0 unspecified atom stereocenters. The van der Waals surface area contributed by atoms with Gasteiger partial charge in [0.2, 0.25) is 5.16 Å². The number of anilines is 1. The van der Waals surface area contributed by atoms with Gasteiger partial charge in [-0.25, -0.2) is 9.50 Å². The number of halogens is 1. The van der Waals surface area contributed by atoms with Crippen LogP contribution in [0.3, 0.4) is 0 Å². The van der Waals surface area contributed by atoms with Crippen LogP contribution in [0.15, 0.2) is 46.8 Å². The van der Waals surface area contributed by atoms with Crippen molar-refractivity contribution in [2.24, 2.45) is 0 Å². The third kappa shape index (κ3) is 2.91. The summed E-state index contributed by atoms with van der Waals surface area (Å²) in [6, 6.07) is 7.27. The molecule has 0 aliphatic carbocycles. The molecule has 0 saturated carbocycles. The highest BCUT2D eigenvalue weighted by Gasteiger charge is 2.11. The molecule has 0 amide bonds. The number of pyridine rings is 1. The largest absolute Gasteiger partial charge is 0.433 e. The third-order valence-corrected chi connectivity index (χ3v) is 4.29. The monoisotopic (exact) mass is 359 g/mol. The van der Waals surface area contributed by atoms with Gasteiger partial charge in [0.05, 0.1) is 11.2 Å². The van der Waals surface area contributed by atoms with Crippen LogP contribution in [0.25, 0.3) is 11.3 Å². The highest BCUT2D eigenvalue weighted by molar-refractivity contribution is 7.99. The fourth-order valence-corrected chi connectivity index (χ4v) is 3.15. The summed E-state index contributed by atoms with van der Waals surface area (Å²) in [4.78, 5) is 4.32. The van der Waals surface area contributed by atoms with Gasteiger partial charge in [-0.15, -0.1) is 10.2 Å². The van der Waals surface area contributed by atoms with Crippen molar-refractivity contribution in [3.8, 4) is 0 Å². The number of rotatable bonds is 4. The van der Waals surface area contributed by atoms with E-state index >= 15 is 0 Å². The van der Waals surface area contributed by atoms with Gasteiger partial charge >= 0.3 is 7.05 Å². The van der Waals surface area contributed by atoms with Gasteiger partial charge in [0, 0.05) is 6.20 Å². The van der Waals surface area contributed by atoms with E-state index in [2.05, 4.69) is 25.5 Å². The molecule has 0 radical (unpaired) electrons. The quantitative estimate of drug-likeness (QED) is 0.539. The molecule has 0 atom stereocenters. The number of nitrogens with one attached hydrogen (secondary N) is 1. The smallest absolute Gasteiger partial charge is 0.408 e. The van der Waals surface area contributed by atoms with Gasteiger partial charge in [-0.05, 0) is 42.9 Å². The molecular formula is C13H11BClN7OS. The van der Waals surface area contributed by atoms with E-state index in [4.69, 9.17) is 11.6 Å². The van der Waals surface area contributed by atoms with Crippen LogP contribution in [-0.2, 0) is 0 Å². The summed E-state index contributed by atoms with van der Waals surface area (Å²) in [6.07, 6.45) is 3.48. The lowest BCUT2D eigenvalue weighted by atomic mass is 9.89. The van der Waals surface area contributed by atoms with Gasteiger partial charge < -0.3 is 10.3 Å². The van der Waals surface area contributed by atoms with Crippen LogP contribution < -0.4 is 5.23 Å². The first-order chi connectivity index (χ1) is 11.6. The van der Waals surface area contributed by atoms with Gasteiger partial charge in [0.1, 0.15) is 10.8 Å². The first kappa shape index (κ1) is 15.2. The van der Waals surface area contributed by atoms with Crippen molar-refractivity contribution < 1.29 is 5.02 Å². The maximum Gasteiger partial charge on any atom is 0.408 e. The summed E-state index contributed by atoms with van der Waals surface area (Å²) >= 11 is 7.40. The fourth-order valence-electron chi connectivity index (χ4n) is 2.21. The molecule has 0 aliphatic heterocycles. The zero-order valence-electron chi connectivity index (χ0n) is 12.5. The molecule has 4 aromatic heterocycles. The molecule has 4 rings (SSSR count). The second-order valence-electron chi connectivity index (χ2n) is 5.08. The van der Waals surface area contributed by atoms with E-state index < -0.39 is 7.05 Å². The molecule has 4 heterocycles. The van der Waals surface area contributed by atoms with Crippen LogP contribution in [0.2, 0.25) is 11.8 Å². The number of fused-ring (bicyclic) bond motifs is 2. The SMILES string of the molecule is CB(O)Nc1cn2nc(Sc3nnc4ccc(Cl)cn34)ccc2n1. The van der Waals surface area contributed by atoms with Crippen LogP contribution in [0.4, 0.5) is 5.82 Å². The van der Waals surface area contributed by atoms with Crippen molar-refractivity contribution in [2.75, 3.05) is 5.23 Å². The molecule has 0 aromatic carbocycles. The van der Waals surface area contributed by atoms with Crippen molar-refractivity contribution in [1.82, 2.24) is 29.2 Å². The van der Waals surface area contributed by atoms with Crippen molar-refractivity contribution in [1.29, 1.82) is 0 Å². The highest BCUT2D eigenvalue weighted by atomic mass is 35.5. The lowest BCUT2D eigenvalue weighted by Gasteiger charge is -2.00. The molecule has 4 aromatic rings. The van der Waals surface area contributed by atoms with Gasteiger partial charge in [-0.2, -0.15) is 5.10 Å². The number of imidazole rings is 1. The topological polar surface area (TPSA) is 92.6 Å². The normalized spacial score (nSPS) is 11.3. The van der Waals surface area contributed by atoms with Crippen molar-refractivity contribution >= 4 is 47.5 Å². The Kier molecular flexibility index (Phi) is 3.79. The Balaban J connectivity index is 1.67. The van der Waals surface area contributed by atoms with Crippen LogP contribution in [0.1, 0.15) is 0 Å². The summed E-state index contributed by atoms with van der Waals surface area (Å²) in [7, 11) is -0.684. The summed E-state index contributed by atoms with van der Waals surface area (Å²) in [5.41, 5.74) is 1.39.